The van der Waals surface area contributed by atoms with Crippen molar-refractivity contribution >= 4 is 25.7 Å². The normalized spacial score (nSPS) is 11.8. The number of benzene rings is 3. The lowest BCUT2D eigenvalue weighted by Crippen LogP contribution is -2.15. The van der Waals surface area contributed by atoms with Gasteiger partial charge in [0.15, 0.2) is 0 Å². The SMILES string of the molecule is CC/C(=C(\c1ccc(P)cc1)c1ccc(OCCNC)cc1)c1ccccc1. The van der Waals surface area contributed by atoms with Crippen LogP contribution in [0.4, 0.5) is 0 Å². The molecule has 1 atom stereocenters. The highest BCUT2D eigenvalue weighted by Gasteiger charge is 2.13. The minimum absolute atomic E-state index is 0.665. The van der Waals surface area contributed by atoms with Gasteiger partial charge in [0.05, 0.1) is 0 Å². The Morgan fingerprint density at radius 3 is 2.00 bits per heavy atom. The molecule has 0 aliphatic rings. The molecule has 0 aliphatic carbocycles. The van der Waals surface area contributed by atoms with E-state index in [-0.39, 0.29) is 0 Å². The summed E-state index contributed by atoms with van der Waals surface area (Å²) in [6, 6.07) is 27.8. The molecule has 0 fully saturated rings. The van der Waals surface area contributed by atoms with Crippen molar-refractivity contribution in [1.29, 1.82) is 0 Å². The molecule has 0 amide bonds. The van der Waals surface area contributed by atoms with E-state index >= 15 is 0 Å². The van der Waals surface area contributed by atoms with Crippen molar-refractivity contribution in [3.8, 4) is 5.75 Å². The first-order valence-corrected chi connectivity index (χ1v) is 10.3. The Balaban J connectivity index is 2.06. The molecular formula is C25H28NOP. The van der Waals surface area contributed by atoms with Gasteiger partial charge in [0.1, 0.15) is 12.4 Å². The van der Waals surface area contributed by atoms with Gasteiger partial charge in [0, 0.05) is 6.54 Å². The van der Waals surface area contributed by atoms with Crippen LogP contribution in [0, 0.1) is 0 Å². The third-order valence-electron chi connectivity index (χ3n) is 4.74. The molecule has 144 valence electrons. The van der Waals surface area contributed by atoms with Crippen LogP contribution in [-0.2, 0) is 0 Å². The Labute approximate surface area is 170 Å². The summed E-state index contributed by atoms with van der Waals surface area (Å²) in [6.07, 6.45) is 0.961. The van der Waals surface area contributed by atoms with Gasteiger partial charge in [-0.3, -0.25) is 0 Å². The van der Waals surface area contributed by atoms with Crippen molar-refractivity contribution in [2.75, 3.05) is 20.2 Å². The van der Waals surface area contributed by atoms with Crippen LogP contribution in [-0.4, -0.2) is 20.2 Å². The fourth-order valence-corrected chi connectivity index (χ4v) is 3.51. The van der Waals surface area contributed by atoms with Crippen molar-refractivity contribution in [3.63, 3.8) is 0 Å². The smallest absolute Gasteiger partial charge is 0.119 e. The average Bonchev–Trinajstić information content (AvgIpc) is 2.74. The Hall–Kier alpha value is -2.41. The van der Waals surface area contributed by atoms with Crippen LogP contribution in [0.5, 0.6) is 5.75 Å². The number of ether oxygens (including phenoxy) is 1. The molecule has 3 aromatic carbocycles. The van der Waals surface area contributed by atoms with Crippen LogP contribution in [0.3, 0.4) is 0 Å². The minimum Gasteiger partial charge on any atom is -0.492 e. The summed E-state index contributed by atoms with van der Waals surface area (Å²) < 4.78 is 5.79. The van der Waals surface area contributed by atoms with E-state index in [0.29, 0.717) is 6.61 Å². The summed E-state index contributed by atoms with van der Waals surface area (Å²) in [5, 5.41) is 4.29. The molecule has 0 radical (unpaired) electrons. The molecule has 1 N–H and O–H groups in total. The highest BCUT2D eigenvalue weighted by Crippen LogP contribution is 2.34. The second kappa shape index (κ2) is 10.2. The Bertz CT molecular complexity index is 900. The van der Waals surface area contributed by atoms with Gasteiger partial charge in [-0.1, -0.05) is 73.7 Å². The number of likely N-dealkylation sites (N-methyl/N-ethyl adjacent to an activating group) is 1. The lowest BCUT2D eigenvalue weighted by molar-refractivity contribution is 0.318. The summed E-state index contributed by atoms with van der Waals surface area (Å²) in [4.78, 5) is 0. The third kappa shape index (κ3) is 5.10. The molecule has 2 nitrogen and oxygen atoms in total. The van der Waals surface area contributed by atoms with E-state index < -0.39 is 0 Å². The molecule has 0 spiro atoms. The average molecular weight is 389 g/mol. The van der Waals surface area contributed by atoms with Crippen molar-refractivity contribution in [2.45, 2.75) is 13.3 Å². The largest absolute Gasteiger partial charge is 0.492 e. The van der Waals surface area contributed by atoms with Crippen LogP contribution in [0.1, 0.15) is 30.0 Å². The van der Waals surface area contributed by atoms with Gasteiger partial charge in [-0.25, -0.2) is 0 Å². The number of nitrogens with one attached hydrogen (secondary N) is 1. The van der Waals surface area contributed by atoms with E-state index in [1.807, 2.05) is 7.05 Å². The monoisotopic (exact) mass is 389 g/mol. The van der Waals surface area contributed by atoms with Gasteiger partial charge in [0.25, 0.3) is 0 Å². The zero-order chi connectivity index (χ0) is 19.8. The topological polar surface area (TPSA) is 21.3 Å². The summed E-state index contributed by atoms with van der Waals surface area (Å²) in [5.74, 6) is 0.899. The lowest BCUT2D eigenvalue weighted by atomic mass is 9.88. The van der Waals surface area contributed by atoms with Gasteiger partial charge in [-0.15, -0.1) is 9.24 Å². The Morgan fingerprint density at radius 1 is 0.821 bits per heavy atom. The predicted molar refractivity (Wildman–Crippen MR) is 124 cm³/mol. The molecular weight excluding hydrogens is 361 g/mol. The van der Waals surface area contributed by atoms with E-state index in [9.17, 15) is 0 Å². The lowest BCUT2D eigenvalue weighted by Gasteiger charge is -2.17. The molecule has 0 heterocycles. The molecule has 0 aromatic heterocycles. The second-order valence-corrected chi connectivity index (χ2v) is 7.34. The number of rotatable bonds is 8. The fraction of sp³-hybridized carbons (Fsp3) is 0.200. The number of hydrogen-bond acceptors (Lipinski definition) is 2. The van der Waals surface area contributed by atoms with Crippen molar-refractivity contribution < 1.29 is 4.74 Å². The molecule has 0 saturated carbocycles. The Morgan fingerprint density at radius 2 is 1.43 bits per heavy atom. The van der Waals surface area contributed by atoms with E-state index in [1.165, 1.54) is 33.1 Å². The van der Waals surface area contributed by atoms with Crippen LogP contribution in [0.25, 0.3) is 11.1 Å². The molecule has 3 heteroatoms. The molecule has 0 saturated heterocycles. The molecule has 0 bridgehead atoms. The van der Waals surface area contributed by atoms with Crippen molar-refractivity contribution in [1.82, 2.24) is 5.32 Å². The quantitative estimate of drug-likeness (QED) is 0.327. The third-order valence-corrected chi connectivity index (χ3v) is 5.13. The van der Waals surface area contributed by atoms with Crippen molar-refractivity contribution in [3.05, 3.63) is 95.6 Å². The maximum Gasteiger partial charge on any atom is 0.119 e. The highest BCUT2D eigenvalue weighted by atomic mass is 31.0. The van der Waals surface area contributed by atoms with Gasteiger partial charge >= 0.3 is 0 Å². The first-order chi connectivity index (χ1) is 13.7. The predicted octanol–water partition coefficient (Wildman–Crippen LogP) is 5.15. The zero-order valence-corrected chi connectivity index (χ0v) is 17.8. The number of hydrogen-bond donors (Lipinski definition) is 1. The first kappa shape index (κ1) is 20.3. The van der Waals surface area contributed by atoms with E-state index in [1.54, 1.807) is 0 Å². The fourth-order valence-electron chi connectivity index (χ4n) is 3.32. The van der Waals surface area contributed by atoms with Gasteiger partial charge in [0.2, 0.25) is 0 Å². The Kier molecular flexibility index (Phi) is 7.42. The maximum atomic E-state index is 5.79. The van der Waals surface area contributed by atoms with Gasteiger partial charge < -0.3 is 10.1 Å². The van der Waals surface area contributed by atoms with Crippen molar-refractivity contribution in [2.24, 2.45) is 0 Å². The van der Waals surface area contributed by atoms with E-state index in [4.69, 9.17) is 4.74 Å². The van der Waals surface area contributed by atoms with Gasteiger partial charge in [-0.05, 0) is 58.7 Å². The van der Waals surface area contributed by atoms with E-state index in [2.05, 4.69) is 100 Å². The summed E-state index contributed by atoms with van der Waals surface area (Å²) in [7, 11) is 4.69. The van der Waals surface area contributed by atoms with Crippen LogP contribution in [0.2, 0.25) is 0 Å². The molecule has 3 rings (SSSR count). The highest BCUT2D eigenvalue weighted by molar-refractivity contribution is 7.27. The van der Waals surface area contributed by atoms with Crippen LogP contribution >= 0.6 is 9.24 Å². The first-order valence-electron chi connectivity index (χ1n) is 9.75. The number of allylic oxidation sites excluding steroid dienone is 1. The molecule has 0 aliphatic heterocycles. The zero-order valence-electron chi connectivity index (χ0n) is 16.6. The molecule has 3 aromatic rings. The van der Waals surface area contributed by atoms with Crippen LogP contribution in [0.15, 0.2) is 78.9 Å². The van der Waals surface area contributed by atoms with E-state index in [0.717, 1.165) is 18.7 Å². The summed E-state index contributed by atoms with van der Waals surface area (Å²) in [6.45, 7) is 3.72. The standard InChI is InChI=1S/C25H28NOP/c1-3-24(19-7-5-4-6-8-19)25(21-11-15-23(28)16-12-21)20-9-13-22(14-10-20)27-18-17-26-2/h4-16,26H,3,17-18,28H2,1-2H3/b25-24+. The summed E-state index contributed by atoms with van der Waals surface area (Å²) in [5.41, 5.74) is 6.33. The summed E-state index contributed by atoms with van der Waals surface area (Å²) >= 11 is 0. The maximum absolute atomic E-state index is 5.79. The molecule has 28 heavy (non-hydrogen) atoms. The van der Waals surface area contributed by atoms with Crippen LogP contribution < -0.4 is 15.4 Å². The molecule has 1 unspecified atom stereocenters. The van der Waals surface area contributed by atoms with Gasteiger partial charge in [-0.2, -0.15) is 0 Å². The second-order valence-electron chi connectivity index (χ2n) is 6.67. The minimum atomic E-state index is 0.665.